The molecule has 9 nitrogen and oxygen atoms in total. The summed E-state index contributed by atoms with van der Waals surface area (Å²) in [5.41, 5.74) is 0.684. The van der Waals surface area contributed by atoms with Crippen molar-refractivity contribution < 1.29 is 26.7 Å². The predicted octanol–water partition coefficient (Wildman–Crippen LogP) is 3.36. The number of aromatic nitrogens is 2. The van der Waals surface area contributed by atoms with E-state index in [9.17, 15) is 22.0 Å². The van der Waals surface area contributed by atoms with Gasteiger partial charge in [0, 0.05) is 17.4 Å². The zero-order valence-corrected chi connectivity index (χ0v) is 17.6. The van der Waals surface area contributed by atoms with Crippen molar-refractivity contribution in [2.24, 2.45) is 0 Å². The van der Waals surface area contributed by atoms with E-state index in [1.54, 1.807) is 0 Å². The van der Waals surface area contributed by atoms with E-state index >= 15 is 0 Å². The first-order valence-corrected chi connectivity index (χ1v) is 10.8. The van der Waals surface area contributed by atoms with Crippen LogP contribution in [0.15, 0.2) is 47.5 Å². The van der Waals surface area contributed by atoms with Crippen LogP contribution < -0.4 is 20.7 Å². The maximum absolute atomic E-state index is 14.3. The molecule has 32 heavy (non-hydrogen) atoms. The normalized spacial score (nSPS) is 16.6. The van der Waals surface area contributed by atoms with Gasteiger partial charge in [-0.1, -0.05) is 0 Å². The maximum Gasteiger partial charge on any atom is 0.242 e. The fourth-order valence-corrected chi connectivity index (χ4v) is 4.44. The Labute approximate surface area is 181 Å². The van der Waals surface area contributed by atoms with Crippen molar-refractivity contribution in [2.45, 2.75) is 17.1 Å². The lowest BCUT2D eigenvalue weighted by atomic mass is 10.2. The van der Waals surface area contributed by atoms with Gasteiger partial charge in [0.25, 0.3) is 0 Å². The van der Waals surface area contributed by atoms with Gasteiger partial charge in [0.05, 0.1) is 23.9 Å². The lowest BCUT2D eigenvalue weighted by molar-refractivity contribution is -0.115. The highest BCUT2D eigenvalue weighted by molar-refractivity contribution is 7.93. The summed E-state index contributed by atoms with van der Waals surface area (Å²) < 4.78 is 57.8. The van der Waals surface area contributed by atoms with E-state index in [4.69, 9.17) is 4.74 Å². The monoisotopic (exact) mass is 461 g/mol. The van der Waals surface area contributed by atoms with Crippen LogP contribution in [0.2, 0.25) is 0 Å². The van der Waals surface area contributed by atoms with Crippen LogP contribution in [-0.4, -0.2) is 36.7 Å². The summed E-state index contributed by atoms with van der Waals surface area (Å²) in [7, 11) is -2.46. The molecule has 2 heterocycles. The van der Waals surface area contributed by atoms with Crippen molar-refractivity contribution >= 4 is 44.6 Å². The number of benzene rings is 2. The minimum atomic E-state index is -3.81. The molecule has 166 valence electrons. The first-order valence-electron chi connectivity index (χ1n) is 9.28. The van der Waals surface area contributed by atoms with Gasteiger partial charge in [-0.25, -0.2) is 22.2 Å². The molecule has 2 aromatic carbocycles. The average molecular weight is 461 g/mol. The summed E-state index contributed by atoms with van der Waals surface area (Å²) >= 11 is 0. The maximum atomic E-state index is 14.3. The highest BCUT2D eigenvalue weighted by Crippen LogP contribution is 2.33. The van der Waals surface area contributed by atoms with Gasteiger partial charge in [-0.15, -0.1) is 0 Å². The van der Waals surface area contributed by atoms with Crippen LogP contribution in [0.4, 0.5) is 37.6 Å². The van der Waals surface area contributed by atoms with Gasteiger partial charge < -0.3 is 20.7 Å². The van der Waals surface area contributed by atoms with Crippen LogP contribution in [0.1, 0.15) is 6.92 Å². The lowest BCUT2D eigenvalue weighted by Crippen LogP contribution is -2.37. The number of methoxy groups -OCH3 is 1. The Bertz CT molecular complexity index is 1330. The Morgan fingerprint density at radius 3 is 2.50 bits per heavy atom. The third kappa shape index (κ3) is 3.91. The summed E-state index contributed by atoms with van der Waals surface area (Å²) in [4.78, 5) is 19.8. The van der Waals surface area contributed by atoms with E-state index in [2.05, 4.69) is 25.9 Å². The molecule has 1 atom stereocenters. The highest BCUT2D eigenvalue weighted by Gasteiger charge is 2.36. The van der Waals surface area contributed by atoms with Crippen molar-refractivity contribution in [3.63, 3.8) is 0 Å². The zero-order valence-electron chi connectivity index (χ0n) is 16.8. The quantitative estimate of drug-likeness (QED) is 0.529. The van der Waals surface area contributed by atoms with Gasteiger partial charge >= 0.3 is 0 Å². The lowest BCUT2D eigenvalue weighted by Gasteiger charge is -2.23. The van der Waals surface area contributed by atoms with E-state index in [1.807, 2.05) is 0 Å². The third-order valence-corrected chi connectivity index (χ3v) is 6.91. The number of sulfone groups is 1. The Balaban J connectivity index is 1.60. The second-order valence-corrected chi connectivity index (χ2v) is 9.11. The van der Waals surface area contributed by atoms with Crippen molar-refractivity contribution in [3.05, 3.63) is 54.2 Å². The van der Waals surface area contributed by atoms with E-state index in [1.165, 1.54) is 50.4 Å². The molecule has 3 N–H and O–H groups in total. The number of ether oxygens (including phenoxy) is 1. The molecule has 4 rings (SSSR count). The Hall–Kier alpha value is -3.80. The van der Waals surface area contributed by atoms with E-state index in [0.717, 1.165) is 6.20 Å². The largest absolute Gasteiger partial charge is 0.494 e. The Morgan fingerprint density at radius 1 is 1.06 bits per heavy atom. The molecule has 0 saturated carbocycles. The molecule has 1 aliphatic heterocycles. The number of anilines is 5. The Morgan fingerprint density at radius 2 is 1.78 bits per heavy atom. The van der Waals surface area contributed by atoms with E-state index in [0.29, 0.717) is 5.69 Å². The highest BCUT2D eigenvalue weighted by atomic mass is 32.2. The number of nitrogens with zero attached hydrogens (tertiary/aromatic N) is 2. The minimum absolute atomic E-state index is 0.0128. The number of hydrogen-bond donors (Lipinski definition) is 3. The van der Waals surface area contributed by atoms with Crippen LogP contribution in [0.3, 0.4) is 0 Å². The van der Waals surface area contributed by atoms with Crippen molar-refractivity contribution in [1.29, 1.82) is 0 Å². The summed E-state index contributed by atoms with van der Waals surface area (Å²) in [5.74, 6) is -2.19. The third-order valence-electron chi connectivity index (χ3n) is 4.79. The summed E-state index contributed by atoms with van der Waals surface area (Å²) in [6.45, 7) is 1.30. The minimum Gasteiger partial charge on any atom is -0.494 e. The molecule has 0 saturated heterocycles. The van der Waals surface area contributed by atoms with Gasteiger partial charge in [0.2, 0.25) is 11.9 Å². The second kappa shape index (κ2) is 8.04. The number of amides is 1. The first kappa shape index (κ1) is 21.4. The molecular weight excluding hydrogens is 444 g/mol. The number of carbonyl (C=O) groups excluding carboxylic acids is 1. The van der Waals surface area contributed by atoms with E-state index < -0.39 is 32.6 Å². The second-order valence-electron chi connectivity index (χ2n) is 6.88. The van der Waals surface area contributed by atoms with Gasteiger partial charge in [-0.2, -0.15) is 4.98 Å². The van der Waals surface area contributed by atoms with Crippen molar-refractivity contribution in [2.75, 3.05) is 23.1 Å². The van der Waals surface area contributed by atoms with Crippen LogP contribution in [0, 0.1) is 11.6 Å². The van der Waals surface area contributed by atoms with Gasteiger partial charge in [-0.3, -0.25) is 4.79 Å². The van der Waals surface area contributed by atoms with Gasteiger partial charge in [0.1, 0.15) is 5.25 Å². The fraction of sp³-hybridized carbons (Fsp3) is 0.150. The number of fused-ring (bicyclic) bond motifs is 1. The fourth-order valence-electron chi connectivity index (χ4n) is 3.04. The number of nitrogens with one attached hydrogen (secondary N) is 3. The molecule has 0 fully saturated rings. The Kier molecular flexibility index (Phi) is 5.38. The SMILES string of the molecule is COc1ccc(Nc2ncc(F)c(Nc3ccc4c(c3)NC(=O)C(C)S4(=O)=O)n2)cc1F. The molecule has 0 bridgehead atoms. The molecule has 0 radical (unpaired) electrons. The molecule has 1 aromatic heterocycles. The topological polar surface area (TPSA) is 122 Å². The summed E-state index contributed by atoms with van der Waals surface area (Å²) in [5, 5.41) is 6.80. The predicted molar refractivity (Wildman–Crippen MR) is 113 cm³/mol. The smallest absolute Gasteiger partial charge is 0.242 e. The standard InChI is InChI=1S/C20H17F2N5O4S/c1-10-19(28)26-15-8-12(4-6-17(15)32(10,29)30)24-18-14(22)9-23-20(27-18)25-11-3-5-16(31-2)13(21)7-11/h3-10H,1-2H3,(H,26,28)(H2,23,24,25,27). The molecule has 0 spiro atoms. The number of hydrogen-bond acceptors (Lipinski definition) is 8. The van der Waals surface area contributed by atoms with Crippen molar-refractivity contribution in [1.82, 2.24) is 9.97 Å². The molecule has 0 aliphatic carbocycles. The molecule has 1 amide bonds. The van der Waals surface area contributed by atoms with Crippen LogP contribution in [0.25, 0.3) is 0 Å². The molecule has 3 aromatic rings. The van der Waals surface area contributed by atoms with Gasteiger partial charge in [-0.05, 0) is 37.3 Å². The van der Waals surface area contributed by atoms with Crippen LogP contribution >= 0.6 is 0 Å². The van der Waals surface area contributed by atoms with E-state index in [-0.39, 0.29) is 33.8 Å². The number of halogens is 2. The molecule has 12 heteroatoms. The molecule has 1 unspecified atom stereocenters. The van der Waals surface area contributed by atoms with Crippen LogP contribution in [-0.2, 0) is 14.6 Å². The van der Waals surface area contributed by atoms with Gasteiger partial charge in [0.15, 0.2) is 33.0 Å². The molecular formula is C20H17F2N5O4S. The zero-order chi connectivity index (χ0) is 23.0. The first-order chi connectivity index (χ1) is 15.2. The number of rotatable bonds is 5. The summed E-state index contributed by atoms with van der Waals surface area (Å²) in [6, 6.07) is 8.23. The van der Waals surface area contributed by atoms with Crippen molar-refractivity contribution in [3.8, 4) is 5.75 Å². The number of carbonyl (C=O) groups is 1. The van der Waals surface area contributed by atoms with Crippen LogP contribution in [0.5, 0.6) is 5.75 Å². The average Bonchev–Trinajstić information content (AvgIpc) is 2.75. The summed E-state index contributed by atoms with van der Waals surface area (Å²) in [6.07, 6.45) is 0.921. The molecule has 1 aliphatic rings.